The van der Waals surface area contributed by atoms with Gasteiger partial charge < -0.3 is 10.4 Å². The normalized spacial score (nSPS) is 16.8. The fourth-order valence-electron chi connectivity index (χ4n) is 2.32. The molecule has 0 bridgehead atoms. The zero-order valence-electron chi connectivity index (χ0n) is 12.7. The van der Waals surface area contributed by atoms with Crippen LogP contribution in [-0.2, 0) is 4.79 Å². The van der Waals surface area contributed by atoms with Crippen LogP contribution >= 0.6 is 12.2 Å². The monoisotopic (exact) mass is 304 g/mol. The number of amides is 1. The molecule has 4 nitrogen and oxygen atoms in total. The fraction of sp³-hybridized carbons (Fsp3) is 0.375. The summed E-state index contributed by atoms with van der Waals surface area (Å²) in [4.78, 5) is 11.7. The van der Waals surface area contributed by atoms with Crippen LogP contribution in [0.2, 0.25) is 0 Å². The van der Waals surface area contributed by atoms with E-state index in [0.29, 0.717) is 16.6 Å². The highest BCUT2D eigenvalue weighted by Gasteiger charge is 2.21. The summed E-state index contributed by atoms with van der Waals surface area (Å²) in [5.74, 6) is 0.520. The molecule has 3 N–H and O–H groups in total. The lowest BCUT2D eigenvalue weighted by molar-refractivity contribution is -0.115. The number of carbonyl (C=O) groups excluding carboxylic acids is 1. The summed E-state index contributed by atoms with van der Waals surface area (Å²) >= 11 is 4.92. The first kappa shape index (κ1) is 15.5. The predicted octanol–water partition coefficient (Wildman–Crippen LogP) is 2.98. The third kappa shape index (κ3) is 3.24. The van der Waals surface area contributed by atoms with Crippen LogP contribution in [0.3, 0.4) is 0 Å². The molecule has 21 heavy (non-hydrogen) atoms. The standard InChI is InChI=1S/C16H20N2O2S/c1-8(2)11-5-10(6-12(9(3)4)14(11)19)7-13-15(20)18-16(21)17-13/h5-9,19H,1-4H3,(H2,17,18,20,21)/b13-7-. The van der Waals surface area contributed by atoms with Crippen LogP contribution in [0.15, 0.2) is 17.8 Å². The Kier molecular flexibility index (Phi) is 4.32. The van der Waals surface area contributed by atoms with E-state index in [-0.39, 0.29) is 17.7 Å². The fourth-order valence-corrected chi connectivity index (χ4v) is 2.52. The van der Waals surface area contributed by atoms with Crippen molar-refractivity contribution in [3.05, 3.63) is 34.5 Å². The van der Waals surface area contributed by atoms with E-state index in [4.69, 9.17) is 12.2 Å². The van der Waals surface area contributed by atoms with E-state index in [1.807, 2.05) is 39.8 Å². The molecule has 1 aliphatic rings. The first-order valence-corrected chi connectivity index (χ1v) is 7.41. The van der Waals surface area contributed by atoms with Crippen LogP contribution in [0.4, 0.5) is 0 Å². The molecule has 0 radical (unpaired) electrons. The topological polar surface area (TPSA) is 61.4 Å². The van der Waals surface area contributed by atoms with Gasteiger partial charge in [0.2, 0.25) is 0 Å². The number of hydrogen-bond acceptors (Lipinski definition) is 3. The molecule has 1 fully saturated rings. The maximum atomic E-state index is 11.7. The Balaban J connectivity index is 2.52. The van der Waals surface area contributed by atoms with E-state index in [9.17, 15) is 9.90 Å². The highest BCUT2D eigenvalue weighted by molar-refractivity contribution is 7.80. The summed E-state index contributed by atoms with van der Waals surface area (Å²) in [7, 11) is 0. The summed E-state index contributed by atoms with van der Waals surface area (Å²) in [6.45, 7) is 8.13. The summed E-state index contributed by atoms with van der Waals surface area (Å²) in [5, 5.41) is 16.1. The van der Waals surface area contributed by atoms with E-state index in [1.54, 1.807) is 6.08 Å². The molecule has 1 heterocycles. The van der Waals surface area contributed by atoms with Crippen molar-refractivity contribution in [1.82, 2.24) is 10.6 Å². The molecule has 0 aromatic heterocycles. The minimum absolute atomic E-state index is 0.201. The van der Waals surface area contributed by atoms with Crippen LogP contribution in [-0.4, -0.2) is 16.1 Å². The van der Waals surface area contributed by atoms with Crippen LogP contribution in [0.25, 0.3) is 6.08 Å². The minimum atomic E-state index is -0.231. The van der Waals surface area contributed by atoms with Gasteiger partial charge >= 0.3 is 0 Å². The van der Waals surface area contributed by atoms with Crippen LogP contribution in [0.5, 0.6) is 5.75 Å². The third-order valence-electron chi connectivity index (χ3n) is 3.47. The van der Waals surface area contributed by atoms with Crippen molar-refractivity contribution in [3.63, 3.8) is 0 Å². The number of hydrogen-bond donors (Lipinski definition) is 3. The van der Waals surface area contributed by atoms with Gasteiger partial charge in [0.1, 0.15) is 11.4 Å². The summed E-state index contributed by atoms with van der Waals surface area (Å²) in [6.07, 6.45) is 1.76. The van der Waals surface area contributed by atoms with Gasteiger partial charge in [-0.15, -0.1) is 0 Å². The minimum Gasteiger partial charge on any atom is -0.507 e. The lowest BCUT2D eigenvalue weighted by Gasteiger charge is -2.16. The van der Waals surface area contributed by atoms with E-state index in [2.05, 4.69) is 10.6 Å². The summed E-state index contributed by atoms with van der Waals surface area (Å²) < 4.78 is 0. The Morgan fingerprint density at radius 2 is 1.62 bits per heavy atom. The molecular formula is C16H20N2O2S. The van der Waals surface area contributed by atoms with Crippen molar-refractivity contribution in [2.24, 2.45) is 0 Å². The van der Waals surface area contributed by atoms with Gasteiger partial charge in [0.25, 0.3) is 5.91 Å². The first-order chi connectivity index (χ1) is 9.79. The third-order valence-corrected chi connectivity index (χ3v) is 3.67. The average molecular weight is 304 g/mol. The molecule has 0 aliphatic carbocycles. The molecular weight excluding hydrogens is 284 g/mol. The second-order valence-corrected chi connectivity index (χ2v) is 6.23. The van der Waals surface area contributed by atoms with E-state index >= 15 is 0 Å². The van der Waals surface area contributed by atoms with Crippen molar-refractivity contribution < 1.29 is 9.90 Å². The molecule has 2 rings (SSSR count). The Morgan fingerprint density at radius 3 is 2.00 bits per heavy atom. The Bertz CT molecular complexity index is 604. The Labute approximate surface area is 130 Å². The SMILES string of the molecule is CC(C)c1cc(/C=C2\NC(=S)NC2=O)cc(C(C)C)c1O. The van der Waals surface area contributed by atoms with Crippen molar-refractivity contribution >= 4 is 29.3 Å². The molecule has 1 saturated heterocycles. The number of nitrogens with one attached hydrogen (secondary N) is 2. The molecule has 0 unspecified atom stereocenters. The van der Waals surface area contributed by atoms with Crippen LogP contribution < -0.4 is 10.6 Å². The van der Waals surface area contributed by atoms with Gasteiger partial charge in [0, 0.05) is 0 Å². The highest BCUT2D eigenvalue weighted by atomic mass is 32.1. The lowest BCUT2D eigenvalue weighted by atomic mass is 9.91. The van der Waals surface area contributed by atoms with Gasteiger partial charge in [-0.2, -0.15) is 0 Å². The second-order valence-electron chi connectivity index (χ2n) is 5.82. The molecule has 1 aliphatic heterocycles. The number of phenols is 1. The number of aromatic hydroxyl groups is 1. The molecule has 1 aromatic rings. The number of phenolic OH excluding ortho intramolecular Hbond substituents is 1. The van der Waals surface area contributed by atoms with E-state index in [1.165, 1.54) is 0 Å². The summed E-state index contributed by atoms with van der Waals surface area (Å²) in [5.41, 5.74) is 3.07. The Hall–Kier alpha value is -1.88. The van der Waals surface area contributed by atoms with Crippen molar-refractivity contribution in [3.8, 4) is 5.75 Å². The van der Waals surface area contributed by atoms with Gasteiger partial charge in [-0.25, -0.2) is 0 Å². The van der Waals surface area contributed by atoms with Gasteiger partial charge in [-0.1, -0.05) is 27.7 Å². The number of benzene rings is 1. The zero-order chi connectivity index (χ0) is 15.7. The molecule has 1 aromatic carbocycles. The van der Waals surface area contributed by atoms with Crippen molar-refractivity contribution in [1.29, 1.82) is 0 Å². The predicted molar refractivity (Wildman–Crippen MR) is 88.1 cm³/mol. The van der Waals surface area contributed by atoms with Gasteiger partial charge in [0.05, 0.1) is 0 Å². The second kappa shape index (κ2) is 5.85. The van der Waals surface area contributed by atoms with E-state index < -0.39 is 0 Å². The highest BCUT2D eigenvalue weighted by Crippen LogP contribution is 2.35. The zero-order valence-corrected chi connectivity index (χ0v) is 13.5. The molecule has 5 heteroatoms. The maximum Gasteiger partial charge on any atom is 0.273 e. The molecule has 0 spiro atoms. The molecule has 112 valence electrons. The van der Waals surface area contributed by atoms with Crippen LogP contribution in [0.1, 0.15) is 56.2 Å². The molecule has 0 atom stereocenters. The largest absolute Gasteiger partial charge is 0.507 e. The van der Waals surface area contributed by atoms with Crippen molar-refractivity contribution in [2.75, 3.05) is 0 Å². The maximum absolute atomic E-state index is 11.7. The lowest BCUT2D eigenvalue weighted by Crippen LogP contribution is -2.21. The smallest absolute Gasteiger partial charge is 0.273 e. The first-order valence-electron chi connectivity index (χ1n) is 7.00. The summed E-state index contributed by atoms with van der Waals surface area (Å²) in [6, 6.07) is 3.82. The number of thiocarbonyl (C=S) groups is 1. The van der Waals surface area contributed by atoms with Gasteiger partial charge in [0.15, 0.2) is 5.11 Å². The molecule has 0 saturated carbocycles. The Morgan fingerprint density at radius 1 is 1.10 bits per heavy atom. The quantitative estimate of drug-likeness (QED) is 0.593. The number of carbonyl (C=O) groups is 1. The van der Waals surface area contributed by atoms with Crippen LogP contribution in [0, 0.1) is 0 Å². The van der Waals surface area contributed by atoms with Gasteiger partial charge in [-0.05, 0) is 59.0 Å². The van der Waals surface area contributed by atoms with Gasteiger partial charge in [-0.3, -0.25) is 10.1 Å². The van der Waals surface area contributed by atoms with E-state index in [0.717, 1.165) is 16.7 Å². The molecule has 1 amide bonds. The van der Waals surface area contributed by atoms with Crippen molar-refractivity contribution in [2.45, 2.75) is 39.5 Å². The number of rotatable bonds is 3. The average Bonchev–Trinajstić information content (AvgIpc) is 2.69.